The third-order valence-corrected chi connectivity index (χ3v) is 6.36. The van der Waals surface area contributed by atoms with Gasteiger partial charge < -0.3 is 10.2 Å². The van der Waals surface area contributed by atoms with Gasteiger partial charge in [0.15, 0.2) is 0 Å². The number of nitrogens with zero attached hydrogens (tertiary/aromatic N) is 2. The minimum Gasteiger partial charge on any atom is -0.369 e. The van der Waals surface area contributed by atoms with Gasteiger partial charge in [0.25, 0.3) is 0 Å². The number of amides is 1. The van der Waals surface area contributed by atoms with Gasteiger partial charge in [0.05, 0.1) is 5.75 Å². The molecule has 1 heterocycles. The molecule has 1 N–H and O–H groups in total. The Bertz CT molecular complexity index is 673. The van der Waals surface area contributed by atoms with E-state index in [4.69, 9.17) is 11.6 Å². The summed E-state index contributed by atoms with van der Waals surface area (Å²) in [6.07, 6.45) is 0.930. The van der Waals surface area contributed by atoms with Crippen molar-refractivity contribution in [2.24, 2.45) is 0 Å². The third-order valence-electron chi connectivity index (χ3n) is 4.22. The fourth-order valence-electron chi connectivity index (χ4n) is 2.81. The number of carbonyl (C=O) groups is 1. The average molecular weight is 388 g/mol. The van der Waals surface area contributed by atoms with E-state index in [9.17, 15) is 13.2 Å². The molecule has 2 rings (SSSR count). The van der Waals surface area contributed by atoms with Crippen LogP contribution in [0.2, 0.25) is 0 Å². The Kier molecular flexibility index (Phi) is 7.53. The molecular formula is C17H26ClN3O3S. The number of aryl methyl sites for hydroxylation is 1. The van der Waals surface area contributed by atoms with Gasteiger partial charge in [-0.25, -0.2) is 8.42 Å². The molecule has 1 saturated heterocycles. The van der Waals surface area contributed by atoms with Crippen molar-refractivity contribution in [3.8, 4) is 0 Å². The maximum Gasteiger partial charge on any atom is 0.220 e. The van der Waals surface area contributed by atoms with Crippen LogP contribution in [0.3, 0.4) is 0 Å². The molecule has 25 heavy (non-hydrogen) atoms. The first-order valence-electron chi connectivity index (χ1n) is 8.54. The smallest absolute Gasteiger partial charge is 0.220 e. The first-order valence-corrected chi connectivity index (χ1v) is 10.7. The number of benzene rings is 1. The minimum absolute atomic E-state index is 0.0654. The second-order valence-corrected chi connectivity index (χ2v) is 8.65. The van der Waals surface area contributed by atoms with Crippen molar-refractivity contribution in [2.45, 2.75) is 19.8 Å². The molecule has 0 aromatic heterocycles. The second kappa shape index (κ2) is 9.40. The van der Waals surface area contributed by atoms with Crippen molar-refractivity contribution < 1.29 is 13.2 Å². The molecule has 0 aliphatic carbocycles. The van der Waals surface area contributed by atoms with Crippen molar-refractivity contribution in [3.63, 3.8) is 0 Å². The summed E-state index contributed by atoms with van der Waals surface area (Å²) in [6, 6.07) is 8.22. The first kappa shape index (κ1) is 20.0. The van der Waals surface area contributed by atoms with Crippen LogP contribution in [0.15, 0.2) is 24.3 Å². The maximum absolute atomic E-state index is 12.4. The van der Waals surface area contributed by atoms with Gasteiger partial charge in [-0.2, -0.15) is 4.31 Å². The molecule has 1 aromatic rings. The van der Waals surface area contributed by atoms with Crippen LogP contribution < -0.4 is 10.2 Å². The van der Waals surface area contributed by atoms with Crippen LogP contribution in [-0.2, 0) is 14.8 Å². The SMILES string of the molecule is Cc1cccc(N2CCN(S(=O)(=O)CCNC(=O)CCCCl)CC2)c1. The first-order chi connectivity index (χ1) is 11.9. The molecule has 0 saturated carbocycles. The summed E-state index contributed by atoms with van der Waals surface area (Å²) in [4.78, 5) is 13.7. The van der Waals surface area contributed by atoms with Gasteiger partial charge in [-0.1, -0.05) is 12.1 Å². The standard InChI is InChI=1S/C17H26ClN3O3S/c1-15-4-2-5-16(14-15)20-9-11-21(12-10-20)25(23,24)13-8-19-17(22)6-3-7-18/h2,4-5,14H,3,6-13H2,1H3,(H,19,22). The zero-order valence-electron chi connectivity index (χ0n) is 14.6. The van der Waals surface area contributed by atoms with E-state index >= 15 is 0 Å². The summed E-state index contributed by atoms with van der Waals surface area (Å²) in [6.45, 7) is 4.47. The monoisotopic (exact) mass is 387 g/mol. The van der Waals surface area contributed by atoms with Crippen molar-refractivity contribution in [1.82, 2.24) is 9.62 Å². The lowest BCUT2D eigenvalue weighted by molar-refractivity contribution is -0.120. The molecule has 1 aliphatic heterocycles. The molecular weight excluding hydrogens is 362 g/mol. The normalized spacial score (nSPS) is 16.0. The van der Waals surface area contributed by atoms with Gasteiger partial charge in [-0.05, 0) is 31.0 Å². The van der Waals surface area contributed by atoms with E-state index in [0.29, 0.717) is 44.9 Å². The molecule has 6 nitrogen and oxygen atoms in total. The van der Waals surface area contributed by atoms with Gasteiger partial charge in [0.1, 0.15) is 0 Å². The Labute approximate surface area is 155 Å². The highest BCUT2D eigenvalue weighted by Crippen LogP contribution is 2.18. The van der Waals surface area contributed by atoms with E-state index in [-0.39, 0.29) is 18.2 Å². The topological polar surface area (TPSA) is 69.7 Å². The molecule has 1 fully saturated rings. The number of hydrogen-bond donors (Lipinski definition) is 1. The van der Waals surface area contributed by atoms with Gasteiger partial charge in [-0.3, -0.25) is 4.79 Å². The second-order valence-electron chi connectivity index (χ2n) is 6.18. The summed E-state index contributed by atoms with van der Waals surface area (Å²) in [7, 11) is -3.35. The summed E-state index contributed by atoms with van der Waals surface area (Å²) in [5, 5.41) is 2.64. The fourth-order valence-corrected chi connectivity index (χ4v) is 4.28. The zero-order valence-corrected chi connectivity index (χ0v) is 16.2. The number of rotatable bonds is 8. The van der Waals surface area contributed by atoms with Gasteiger partial charge in [0.2, 0.25) is 15.9 Å². The Balaban J connectivity index is 1.79. The fraction of sp³-hybridized carbons (Fsp3) is 0.588. The highest BCUT2D eigenvalue weighted by atomic mass is 35.5. The van der Waals surface area contributed by atoms with E-state index in [1.807, 2.05) is 25.1 Å². The van der Waals surface area contributed by atoms with Crippen LogP contribution >= 0.6 is 11.6 Å². The summed E-state index contributed by atoms with van der Waals surface area (Å²) >= 11 is 5.53. The van der Waals surface area contributed by atoms with E-state index in [1.165, 1.54) is 9.87 Å². The quantitative estimate of drug-likeness (QED) is 0.687. The van der Waals surface area contributed by atoms with Gasteiger partial charge in [-0.15, -0.1) is 11.6 Å². The van der Waals surface area contributed by atoms with Crippen LogP contribution in [0.4, 0.5) is 5.69 Å². The zero-order chi connectivity index (χ0) is 18.3. The molecule has 0 unspecified atom stereocenters. The molecule has 8 heteroatoms. The number of alkyl halides is 1. The molecule has 0 radical (unpaired) electrons. The maximum atomic E-state index is 12.4. The number of carbonyl (C=O) groups excluding carboxylic acids is 1. The van der Waals surface area contributed by atoms with Crippen molar-refractivity contribution in [2.75, 3.05) is 49.3 Å². The Morgan fingerprint density at radius 2 is 1.96 bits per heavy atom. The van der Waals surface area contributed by atoms with Crippen molar-refractivity contribution in [3.05, 3.63) is 29.8 Å². The molecule has 0 atom stereocenters. The number of anilines is 1. The van der Waals surface area contributed by atoms with Crippen LogP contribution in [-0.4, -0.2) is 63.0 Å². The number of halogens is 1. The van der Waals surface area contributed by atoms with Crippen LogP contribution in [0.25, 0.3) is 0 Å². The van der Waals surface area contributed by atoms with Gasteiger partial charge >= 0.3 is 0 Å². The average Bonchev–Trinajstić information content (AvgIpc) is 2.60. The summed E-state index contributed by atoms with van der Waals surface area (Å²) in [5.74, 6) is 0.209. The molecule has 0 bridgehead atoms. The lowest BCUT2D eigenvalue weighted by Crippen LogP contribution is -2.50. The van der Waals surface area contributed by atoms with Crippen molar-refractivity contribution >= 4 is 33.2 Å². The third kappa shape index (κ3) is 6.17. The molecule has 1 aliphatic rings. The van der Waals surface area contributed by atoms with Crippen LogP contribution in [0.5, 0.6) is 0 Å². The number of sulfonamides is 1. The Morgan fingerprint density at radius 3 is 2.60 bits per heavy atom. The lowest BCUT2D eigenvalue weighted by atomic mass is 10.2. The van der Waals surface area contributed by atoms with E-state index in [2.05, 4.69) is 16.3 Å². The number of hydrogen-bond acceptors (Lipinski definition) is 4. The van der Waals surface area contributed by atoms with Gasteiger partial charge in [0, 0.05) is 50.7 Å². The Hall–Kier alpha value is -1.31. The van der Waals surface area contributed by atoms with Crippen LogP contribution in [0, 0.1) is 6.92 Å². The minimum atomic E-state index is -3.35. The highest BCUT2D eigenvalue weighted by Gasteiger charge is 2.26. The van der Waals surface area contributed by atoms with E-state index < -0.39 is 10.0 Å². The largest absolute Gasteiger partial charge is 0.369 e. The molecule has 1 amide bonds. The highest BCUT2D eigenvalue weighted by molar-refractivity contribution is 7.89. The predicted octanol–water partition coefficient (Wildman–Crippen LogP) is 1.58. The molecule has 1 aromatic carbocycles. The Morgan fingerprint density at radius 1 is 1.24 bits per heavy atom. The van der Waals surface area contributed by atoms with E-state index in [0.717, 1.165) is 5.69 Å². The van der Waals surface area contributed by atoms with Crippen molar-refractivity contribution in [1.29, 1.82) is 0 Å². The predicted molar refractivity (Wildman–Crippen MR) is 102 cm³/mol. The lowest BCUT2D eigenvalue weighted by Gasteiger charge is -2.35. The number of nitrogens with one attached hydrogen (secondary N) is 1. The number of piperazine rings is 1. The van der Waals surface area contributed by atoms with E-state index in [1.54, 1.807) is 0 Å². The van der Waals surface area contributed by atoms with Crippen LogP contribution in [0.1, 0.15) is 18.4 Å². The summed E-state index contributed by atoms with van der Waals surface area (Å²) in [5.41, 5.74) is 2.32. The molecule has 0 spiro atoms. The molecule has 140 valence electrons. The summed E-state index contributed by atoms with van der Waals surface area (Å²) < 4.78 is 26.3.